The zero-order chi connectivity index (χ0) is 21.0. The van der Waals surface area contributed by atoms with Crippen LogP contribution in [0.5, 0.6) is 17.2 Å². The summed E-state index contributed by atoms with van der Waals surface area (Å²) in [7, 11) is 0. The molecule has 0 aliphatic rings. The van der Waals surface area contributed by atoms with Crippen molar-refractivity contribution in [1.29, 1.82) is 0 Å². The number of ether oxygens (including phenoxy) is 2. The van der Waals surface area contributed by atoms with Crippen LogP contribution in [0.15, 0.2) is 54.6 Å². The maximum Gasteiger partial charge on any atom is 0.432 e. The lowest BCUT2D eigenvalue weighted by molar-refractivity contribution is -0.189. The van der Waals surface area contributed by atoms with Gasteiger partial charge in [-0.2, -0.15) is 8.78 Å². The Morgan fingerprint density at radius 3 is 1.86 bits per heavy atom. The van der Waals surface area contributed by atoms with Crippen molar-refractivity contribution in [1.82, 2.24) is 0 Å². The summed E-state index contributed by atoms with van der Waals surface area (Å²) in [6, 6.07) is 15.3. The molecule has 0 saturated carbocycles. The first kappa shape index (κ1) is 20.7. The molecular weight excluding hydrogens is 384 g/mol. The highest BCUT2D eigenvalue weighted by Crippen LogP contribution is 2.38. The minimum atomic E-state index is -4.25. The van der Waals surface area contributed by atoms with Crippen molar-refractivity contribution >= 4 is 0 Å². The number of benzene rings is 3. The lowest BCUT2D eigenvalue weighted by Gasteiger charge is -2.20. The molecular formula is C23H19F4O2. The average Bonchev–Trinajstić information content (AvgIpc) is 2.71. The van der Waals surface area contributed by atoms with Crippen LogP contribution in [0.4, 0.5) is 17.6 Å². The fourth-order valence-corrected chi connectivity index (χ4v) is 2.73. The lowest BCUT2D eigenvalue weighted by atomic mass is 10.1. The van der Waals surface area contributed by atoms with Crippen molar-refractivity contribution in [2.75, 3.05) is 0 Å². The van der Waals surface area contributed by atoms with Gasteiger partial charge in [0, 0.05) is 6.07 Å². The Hall–Kier alpha value is -3.02. The minimum absolute atomic E-state index is 0.212. The molecule has 0 aliphatic heterocycles. The van der Waals surface area contributed by atoms with E-state index in [2.05, 4.69) is 10.8 Å². The van der Waals surface area contributed by atoms with E-state index in [1.807, 2.05) is 13.8 Å². The van der Waals surface area contributed by atoms with Crippen LogP contribution in [0.25, 0.3) is 0 Å². The summed E-state index contributed by atoms with van der Waals surface area (Å²) < 4.78 is 67.9. The van der Waals surface area contributed by atoms with Crippen LogP contribution < -0.4 is 9.47 Å². The molecule has 0 atom stereocenters. The SMILES string of the molecule is CCc1ccc(Oc2[c]cc(F)c(C(F)(F)Oc3ccc(CC)cc3)c2F)cc1. The summed E-state index contributed by atoms with van der Waals surface area (Å²) in [6.45, 7) is 3.88. The maximum absolute atomic E-state index is 14.7. The third-order valence-electron chi connectivity index (χ3n) is 4.41. The third-order valence-corrected chi connectivity index (χ3v) is 4.41. The molecule has 0 N–H and O–H groups in total. The standard InChI is InChI=1S/C23H19F4O2/c1-3-15-5-9-17(10-6-15)28-20-14-13-19(24)21(22(20)25)23(26,27)29-18-11-7-16(4-2)8-12-18/h5-13H,3-4H2,1-2H3. The Morgan fingerprint density at radius 2 is 1.34 bits per heavy atom. The Morgan fingerprint density at radius 1 is 0.828 bits per heavy atom. The molecule has 1 radical (unpaired) electrons. The topological polar surface area (TPSA) is 18.5 Å². The number of alkyl halides is 2. The number of aryl methyl sites for hydroxylation is 2. The molecule has 0 saturated heterocycles. The molecule has 0 unspecified atom stereocenters. The van der Waals surface area contributed by atoms with Gasteiger partial charge in [0.2, 0.25) is 0 Å². The molecule has 0 amide bonds. The average molecular weight is 403 g/mol. The van der Waals surface area contributed by atoms with Crippen LogP contribution >= 0.6 is 0 Å². The molecule has 0 aromatic heterocycles. The van der Waals surface area contributed by atoms with E-state index in [0.717, 1.165) is 17.5 Å². The fourth-order valence-electron chi connectivity index (χ4n) is 2.73. The van der Waals surface area contributed by atoms with Crippen molar-refractivity contribution in [2.45, 2.75) is 32.8 Å². The van der Waals surface area contributed by atoms with Crippen LogP contribution in [-0.4, -0.2) is 0 Å². The van der Waals surface area contributed by atoms with Gasteiger partial charge in [-0.3, -0.25) is 0 Å². The molecule has 0 bridgehead atoms. The van der Waals surface area contributed by atoms with E-state index in [4.69, 9.17) is 4.74 Å². The molecule has 151 valence electrons. The highest BCUT2D eigenvalue weighted by atomic mass is 19.3. The second kappa shape index (κ2) is 8.55. The Labute approximate surface area is 166 Å². The Bertz CT molecular complexity index is 967. The van der Waals surface area contributed by atoms with Crippen molar-refractivity contribution < 1.29 is 27.0 Å². The quantitative estimate of drug-likeness (QED) is 0.404. The van der Waals surface area contributed by atoms with E-state index in [1.54, 1.807) is 36.4 Å². The molecule has 6 heteroatoms. The second-order valence-corrected chi connectivity index (χ2v) is 6.37. The third kappa shape index (κ3) is 4.70. The predicted octanol–water partition coefficient (Wildman–Crippen LogP) is 6.81. The molecule has 0 fully saturated rings. The van der Waals surface area contributed by atoms with Crippen LogP contribution in [0.3, 0.4) is 0 Å². The zero-order valence-corrected chi connectivity index (χ0v) is 15.9. The molecule has 0 aliphatic carbocycles. The van der Waals surface area contributed by atoms with Gasteiger partial charge in [0.15, 0.2) is 11.6 Å². The lowest BCUT2D eigenvalue weighted by Crippen LogP contribution is -2.25. The van der Waals surface area contributed by atoms with Crippen LogP contribution in [0, 0.1) is 17.7 Å². The minimum Gasteiger partial charge on any atom is -0.454 e. The van der Waals surface area contributed by atoms with Gasteiger partial charge in [0.25, 0.3) is 0 Å². The van der Waals surface area contributed by atoms with Crippen LogP contribution in [0.2, 0.25) is 0 Å². The fraction of sp³-hybridized carbons (Fsp3) is 0.217. The molecule has 0 heterocycles. The van der Waals surface area contributed by atoms with Crippen molar-refractivity contribution in [3.05, 3.63) is 89.0 Å². The molecule has 0 spiro atoms. The Balaban J connectivity index is 1.89. The van der Waals surface area contributed by atoms with Crippen molar-refractivity contribution in [2.24, 2.45) is 0 Å². The largest absolute Gasteiger partial charge is 0.454 e. The summed E-state index contributed by atoms with van der Waals surface area (Å²) in [5, 5.41) is 0. The van der Waals surface area contributed by atoms with Crippen LogP contribution in [0.1, 0.15) is 30.5 Å². The van der Waals surface area contributed by atoms with Crippen molar-refractivity contribution in [3.63, 3.8) is 0 Å². The summed E-state index contributed by atoms with van der Waals surface area (Å²) in [4.78, 5) is 0. The van der Waals surface area contributed by atoms with Gasteiger partial charge >= 0.3 is 6.11 Å². The summed E-state index contributed by atoms with van der Waals surface area (Å²) >= 11 is 0. The smallest absolute Gasteiger partial charge is 0.432 e. The molecule has 3 aromatic carbocycles. The van der Waals surface area contributed by atoms with Gasteiger partial charge in [-0.05, 0) is 54.3 Å². The normalized spacial score (nSPS) is 11.4. The van der Waals surface area contributed by atoms with Gasteiger partial charge in [0.05, 0.1) is 0 Å². The predicted molar refractivity (Wildman–Crippen MR) is 101 cm³/mol. The molecule has 3 aromatic rings. The second-order valence-electron chi connectivity index (χ2n) is 6.37. The molecule has 2 nitrogen and oxygen atoms in total. The van der Waals surface area contributed by atoms with E-state index in [9.17, 15) is 17.6 Å². The van der Waals surface area contributed by atoms with Gasteiger partial charge in [0.1, 0.15) is 22.9 Å². The summed E-state index contributed by atoms with van der Waals surface area (Å²) in [5.41, 5.74) is 0.406. The first-order valence-corrected chi connectivity index (χ1v) is 9.16. The van der Waals surface area contributed by atoms with E-state index >= 15 is 0 Å². The van der Waals surface area contributed by atoms with E-state index < -0.39 is 29.1 Å². The molecule has 29 heavy (non-hydrogen) atoms. The summed E-state index contributed by atoms with van der Waals surface area (Å²) in [6.07, 6.45) is -2.74. The van der Waals surface area contributed by atoms with Gasteiger partial charge in [-0.15, -0.1) is 0 Å². The zero-order valence-electron chi connectivity index (χ0n) is 15.9. The van der Waals surface area contributed by atoms with E-state index in [0.29, 0.717) is 12.5 Å². The molecule has 3 rings (SSSR count). The van der Waals surface area contributed by atoms with Gasteiger partial charge in [-0.25, -0.2) is 8.78 Å². The Kier molecular flexibility index (Phi) is 6.11. The highest BCUT2D eigenvalue weighted by molar-refractivity contribution is 5.38. The first-order chi connectivity index (χ1) is 13.8. The number of hydrogen-bond donors (Lipinski definition) is 0. The van der Waals surface area contributed by atoms with E-state index in [1.165, 1.54) is 12.1 Å². The maximum atomic E-state index is 14.7. The number of hydrogen-bond acceptors (Lipinski definition) is 2. The first-order valence-electron chi connectivity index (χ1n) is 9.16. The van der Waals surface area contributed by atoms with Crippen LogP contribution in [-0.2, 0) is 19.0 Å². The summed E-state index contributed by atoms with van der Waals surface area (Å²) in [5.74, 6) is -3.69. The highest BCUT2D eigenvalue weighted by Gasteiger charge is 2.42. The monoisotopic (exact) mass is 403 g/mol. The van der Waals surface area contributed by atoms with Gasteiger partial charge in [-0.1, -0.05) is 38.1 Å². The number of halogens is 4. The number of rotatable bonds is 7. The van der Waals surface area contributed by atoms with Crippen molar-refractivity contribution in [3.8, 4) is 17.2 Å². The van der Waals surface area contributed by atoms with E-state index in [-0.39, 0.29) is 11.5 Å². The van der Waals surface area contributed by atoms with Gasteiger partial charge < -0.3 is 9.47 Å².